The molecule has 2 rings (SSSR count). The van der Waals surface area contributed by atoms with Gasteiger partial charge >= 0.3 is 5.97 Å². The highest BCUT2D eigenvalue weighted by molar-refractivity contribution is 5.75. The van der Waals surface area contributed by atoms with Crippen molar-refractivity contribution < 1.29 is 14.6 Å². The summed E-state index contributed by atoms with van der Waals surface area (Å²) in [7, 11) is 0. The third-order valence-corrected chi connectivity index (χ3v) is 3.15. The molecule has 0 aliphatic heterocycles. The zero-order valence-electron chi connectivity index (χ0n) is 9.93. The van der Waals surface area contributed by atoms with Gasteiger partial charge in [0.05, 0.1) is 6.61 Å². The lowest BCUT2D eigenvalue weighted by molar-refractivity contribution is -0.154. The maximum atomic E-state index is 11.6. The molecular weight excluding hydrogens is 218 g/mol. The minimum absolute atomic E-state index is 0.223. The summed E-state index contributed by atoms with van der Waals surface area (Å²) in [5.74, 6) is -0.769. The first kappa shape index (κ1) is 12.0. The fourth-order valence-electron chi connectivity index (χ4n) is 2.34. The number of aromatic nitrogens is 1. The average molecular weight is 235 g/mol. The lowest BCUT2D eigenvalue weighted by atomic mass is 9.83. The van der Waals surface area contributed by atoms with Gasteiger partial charge < -0.3 is 9.84 Å². The van der Waals surface area contributed by atoms with Gasteiger partial charge in [-0.15, -0.1) is 0 Å². The number of nitrogens with zero attached hydrogens (tertiary/aromatic N) is 1. The molecule has 2 atom stereocenters. The number of esters is 1. The summed E-state index contributed by atoms with van der Waals surface area (Å²) >= 11 is 0. The Morgan fingerprint density at radius 1 is 1.71 bits per heavy atom. The van der Waals surface area contributed by atoms with Gasteiger partial charge in [-0.25, -0.2) is 4.79 Å². The number of carbonyl (C=O) groups excluding carboxylic acids is 1. The van der Waals surface area contributed by atoms with Crippen molar-refractivity contribution in [1.82, 2.24) is 4.98 Å². The highest BCUT2D eigenvalue weighted by Crippen LogP contribution is 2.32. The van der Waals surface area contributed by atoms with Crippen molar-refractivity contribution >= 4 is 5.97 Å². The Morgan fingerprint density at radius 2 is 2.53 bits per heavy atom. The Morgan fingerprint density at radius 3 is 3.29 bits per heavy atom. The van der Waals surface area contributed by atoms with Crippen LogP contribution in [0.25, 0.3) is 0 Å². The van der Waals surface area contributed by atoms with E-state index in [9.17, 15) is 9.90 Å². The highest BCUT2D eigenvalue weighted by Gasteiger charge is 2.32. The molecule has 0 bridgehead atoms. The van der Waals surface area contributed by atoms with Crippen LogP contribution in [0.3, 0.4) is 0 Å². The van der Waals surface area contributed by atoms with Crippen molar-refractivity contribution in [2.24, 2.45) is 0 Å². The Hall–Kier alpha value is -1.42. The Kier molecular flexibility index (Phi) is 3.74. The van der Waals surface area contributed by atoms with Crippen molar-refractivity contribution in [1.29, 1.82) is 0 Å². The Bertz CT molecular complexity index is 405. The van der Waals surface area contributed by atoms with Gasteiger partial charge in [0.25, 0.3) is 0 Å². The predicted molar refractivity (Wildman–Crippen MR) is 62.6 cm³/mol. The summed E-state index contributed by atoms with van der Waals surface area (Å²) in [6, 6.07) is 3.89. The number of fused-ring (bicyclic) bond motifs is 1. The molecular formula is C13H17NO3. The van der Waals surface area contributed by atoms with Crippen LogP contribution in [0.1, 0.15) is 36.9 Å². The summed E-state index contributed by atoms with van der Waals surface area (Å²) in [6.45, 7) is 2.02. The lowest BCUT2D eigenvalue weighted by Crippen LogP contribution is -2.32. The number of hydrogen-bond acceptors (Lipinski definition) is 4. The second kappa shape index (κ2) is 5.27. The second-order valence-corrected chi connectivity index (χ2v) is 4.24. The van der Waals surface area contributed by atoms with Gasteiger partial charge in [0.15, 0.2) is 6.10 Å². The van der Waals surface area contributed by atoms with Crippen LogP contribution in [0.5, 0.6) is 0 Å². The molecule has 0 fully saturated rings. The van der Waals surface area contributed by atoms with Crippen LogP contribution in [0, 0.1) is 0 Å². The van der Waals surface area contributed by atoms with Crippen LogP contribution >= 0.6 is 0 Å². The van der Waals surface area contributed by atoms with Gasteiger partial charge in [-0.05, 0) is 37.8 Å². The van der Waals surface area contributed by atoms with Crippen molar-refractivity contribution in [2.45, 2.75) is 38.2 Å². The summed E-state index contributed by atoms with van der Waals surface area (Å²) in [4.78, 5) is 15.8. The van der Waals surface area contributed by atoms with Crippen molar-refractivity contribution in [3.63, 3.8) is 0 Å². The molecule has 0 aromatic carbocycles. The molecule has 0 radical (unpaired) electrons. The molecule has 1 aliphatic rings. The topological polar surface area (TPSA) is 59.4 Å². The molecule has 1 aliphatic carbocycles. The molecule has 1 aromatic rings. The minimum Gasteiger partial charge on any atom is -0.464 e. The molecule has 4 nitrogen and oxygen atoms in total. The standard InChI is InChI=1S/C13H17NO3/c1-2-17-13(16)12(15)10-7-3-5-9-6-4-8-14-11(9)10/h4,6,8,10,12,15H,2-3,5,7H2,1H3. The van der Waals surface area contributed by atoms with E-state index in [0.717, 1.165) is 30.5 Å². The molecule has 0 saturated heterocycles. The molecule has 17 heavy (non-hydrogen) atoms. The van der Waals surface area contributed by atoms with Gasteiger partial charge in [-0.1, -0.05) is 6.07 Å². The first-order valence-corrected chi connectivity index (χ1v) is 6.02. The Balaban J connectivity index is 2.20. The first-order chi connectivity index (χ1) is 8.24. The third kappa shape index (κ3) is 2.47. The van der Waals surface area contributed by atoms with E-state index < -0.39 is 12.1 Å². The van der Waals surface area contributed by atoms with E-state index in [1.54, 1.807) is 13.1 Å². The number of carbonyl (C=O) groups is 1. The molecule has 0 amide bonds. The predicted octanol–water partition coefficient (Wildman–Crippen LogP) is 1.43. The number of ether oxygens (including phenoxy) is 1. The van der Waals surface area contributed by atoms with E-state index in [1.165, 1.54) is 0 Å². The van der Waals surface area contributed by atoms with Gasteiger partial charge in [0, 0.05) is 17.8 Å². The maximum Gasteiger partial charge on any atom is 0.335 e. The SMILES string of the molecule is CCOC(=O)C(O)C1CCCc2cccnc21. The molecule has 1 N–H and O–H groups in total. The fraction of sp³-hybridized carbons (Fsp3) is 0.538. The summed E-state index contributed by atoms with van der Waals surface area (Å²) in [5.41, 5.74) is 1.98. The number of pyridine rings is 1. The smallest absolute Gasteiger partial charge is 0.335 e. The van der Waals surface area contributed by atoms with Gasteiger partial charge in [-0.3, -0.25) is 4.98 Å². The molecule has 1 heterocycles. The zero-order chi connectivity index (χ0) is 12.3. The lowest BCUT2D eigenvalue weighted by Gasteiger charge is -2.26. The molecule has 92 valence electrons. The van der Waals surface area contributed by atoms with Crippen LogP contribution in [0.4, 0.5) is 0 Å². The number of aliphatic hydroxyl groups is 1. The Labute approximate surface area is 101 Å². The van der Waals surface area contributed by atoms with Crippen LogP contribution in [-0.4, -0.2) is 28.8 Å². The zero-order valence-corrected chi connectivity index (χ0v) is 9.93. The molecule has 2 unspecified atom stereocenters. The van der Waals surface area contributed by atoms with Crippen LogP contribution in [0.2, 0.25) is 0 Å². The third-order valence-electron chi connectivity index (χ3n) is 3.15. The number of rotatable bonds is 3. The van der Waals surface area contributed by atoms with Crippen LogP contribution in [0.15, 0.2) is 18.3 Å². The summed E-state index contributed by atoms with van der Waals surface area (Å²) < 4.78 is 4.86. The second-order valence-electron chi connectivity index (χ2n) is 4.24. The molecule has 0 saturated carbocycles. The van der Waals surface area contributed by atoms with Gasteiger partial charge in [-0.2, -0.15) is 0 Å². The van der Waals surface area contributed by atoms with Gasteiger partial charge in [0.1, 0.15) is 0 Å². The van der Waals surface area contributed by atoms with E-state index in [4.69, 9.17) is 4.74 Å². The fourth-order valence-corrected chi connectivity index (χ4v) is 2.34. The highest BCUT2D eigenvalue weighted by atomic mass is 16.5. The largest absolute Gasteiger partial charge is 0.464 e. The quantitative estimate of drug-likeness (QED) is 0.805. The summed E-state index contributed by atoms with van der Waals surface area (Å²) in [5, 5.41) is 10.0. The van der Waals surface area contributed by atoms with Crippen LogP contribution in [-0.2, 0) is 16.0 Å². The minimum atomic E-state index is -1.09. The molecule has 1 aromatic heterocycles. The molecule has 0 spiro atoms. The summed E-state index contributed by atoms with van der Waals surface area (Å²) in [6.07, 6.45) is 3.33. The van der Waals surface area contributed by atoms with E-state index >= 15 is 0 Å². The average Bonchev–Trinajstić information content (AvgIpc) is 2.37. The number of aryl methyl sites for hydroxylation is 1. The van der Waals surface area contributed by atoms with Gasteiger partial charge in [0.2, 0.25) is 0 Å². The van der Waals surface area contributed by atoms with E-state index in [1.807, 2.05) is 12.1 Å². The van der Waals surface area contributed by atoms with E-state index in [2.05, 4.69) is 4.98 Å². The van der Waals surface area contributed by atoms with Crippen molar-refractivity contribution in [3.8, 4) is 0 Å². The monoisotopic (exact) mass is 235 g/mol. The van der Waals surface area contributed by atoms with E-state index in [0.29, 0.717) is 0 Å². The number of aliphatic hydroxyl groups excluding tert-OH is 1. The first-order valence-electron chi connectivity index (χ1n) is 6.02. The van der Waals surface area contributed by atoms with Crippen molar-refractivity contribution in [3.05, 3.63) is 29.6 Å². The van der Waals surface area contributed by atoms with Crippen LogP contribution < -0.4 is 0 Å². The molecule has 4 heteroatoms. The van der Waals surface area contributed by atoms with Crippen molar-refractivity contribution in [2.75, 3.05) is 6.61 Å². The normalized spacial score (nSPS) is 20.5. The number of hydrogen-bond donors (Lipinski definition) is 1. The van der Waals surface area contributed by atoms with E-state index in [-0.39, 0.29) is 12.5 Å². The maximum absolute atomic E-state index is 11.6.